The van der Waals surface area contributed by atoms with Crippen molar-refractivity contribution in [3.63, 3.8) is 0 Å². The van der Waals surface area contributed by atoms with Gasteiger partial charge in [-0.1, -0.05) is 0 Å². The Labute approximate surface area is 51.9 Å². The number of H-pyrrole nitrogens is 1. The maximum Gasteiger partial charge on any atom is 0.241 e. The average molecular weight is 146 g/mol. The topological polar surface area (TPSA) is 88.8 Å². The summed E-state index contributed by atoms with van der Waals surface area (Å²) in [6.45, 7) is 0. The molecular formula is C3H4N3O2S. The average Bonchev–Trinajstić information content (AvgIpc) is 2.08. The Morgan fingerprint density at radius 1 is 1.78 bits per heavy atom. The van der Waals surface area contributed by atoms with Crippen molar-refractivity contribution in [1.82, 2.24) is 10.2 Å². The molecule has 0 saturated carbocycles. The van der Waals surface area contributed by atoms with Crippen LogP contribution in [0.2, 0.25) is 0 Å². The van der Waals surface area contributed by atoms with Crippen LogP contribution in [0.25, 0.3) is 0 Å². The van der Waals surface area contributed by atoms with Gasteiger partial charge in [0, 0.05) is 6.20 Å². The summed E-state index contributed by atoms with van der Waals surface area (Å²) in [6, 6.07) is 0. The first kappa shape index (κ1) is 6.24. The fourth-order valence-electron chi connectivity index (χ4n) is 0.356. The van der Waals surface area contributed by atoms with Crippen LogP contribution in [0.3, 0.4) is 0 Å². The fraction of sp³-hybridized carbons (Fsp3) is 0. The van der Waals surface area contributed by atoms with Gasteiger partial charge in [0.05, 0.1) is 0 Å². The van der Waals surface area contributed by atoms with Crippen molar-refractivity contribution >= 4 is 10.0 Å². The van der Waals surface area contributed by atoms with Gasteiger partial charge in [-0.05, 0) is 0 Å². The smallest absolute Gasteiger partial charge is 0.241 e. The summed E-state index contributed by atoms with van der Waals surface area (Å²) in [5.74, 6) is 0. The minimum atomic E-state index is -3.61. The summed E-state index contributed by atoms with van der Waals surface area (Å²) in [4.78, 5) is -0.123. The van der Waals surface area contributed by atoms with Crippen molar-refractivity contribution in [2.24, 2.45) is 5.14 Å². The molecule has 0 spiro atoms. The standard InChI is InChI=1S/C3H4N3O2S/c4-9(7,8)3-1-5-6-2-3/h1H,(H,5,6)(H2,4,7,8). The fourth-order valence-corrected chi connectivity index (χ4v) is 0.746. The first-order valence-electron chi connectivity index (χ1n) is 2.05. The molecule has 0 atom stereocenters. The molecule has 0 aliphatic carbocycles. The molecule has 49 valence electrons. The van der Waals surface area contributed by atoms with Crippen LogP contribution in [-0.4, -0.2) is 18.6 Å². The Morgan fingerprint density at radius 2 is 2.44 bits per heavy atom. The molecule has 0 bridgehead atoms. The van der Waals surface area contributed by atoms with E-state index in [2.05, 4.69) is 21.5 Å². The number of rotatable bonds is 1. The molecule has 1 heterocycles. The summed E-state index contributed by atoms with van der Waals surface area (Å²) in [6.07, 6.45) is 3.32. The molecule has 0 aliphatic rings. The lowest BCUT2D eigenvalue weighted by molar-refractivity contribution is 0.597. The number of nitrogens with zero attached hydrogens (tertiary/aromatic N) is 1. The van der Waals surface area contributed by atoms with Crippen LogP contribution in [-0.2, 0) is 10.0 Å². The van der Waals surface area contributed by atoms with Crippen LogP contribution >= 0.6 is 0 Å². The molecule has 0 aliphatic heterocycles. The van der Waals surface area contributed by atoms with Crippen LogP contribution < -0.4 is 5.14 Å². The molecule has 3 N–H and O–H groups in total. The van der Waals surface area contributed by atoms with E-state index in [9.17, 15) is 8.42 Å². The second-order valence-electron chi connectivity index (χ2n) is 1.41. The van der Waals surface area contributed by atoms with E-state index < -0.39 is 10.0 Å². The van der Waals surface area contributed by atoms with Crippen molar-refractivity contribution in [2.75, 3.05) is 0 Å². The highest BCUT2D eigenvalue weighted by molar-refractivity contribution is 7.89. The highest BCUT2D eigenvalue weighted by Crippen LogP contribution is 1.98. The summed E-state index contributed by atoms with van der Waals surface area (Å²) in [5, 5.41) is 10.2. The maximum absolute atomic E-state index is 10.4. The van der Waals surface area contributed by atoms with E-state index >= 15 is 0 Å². The summed E-state index contributed by atoms with van der Waals surface area (Å²) in [5.41, 5.74) is 0. The number of nitrogens with two attached hydrogens (primary N) is 1. The largest absolute Gasteiger partial charge is 0.284 e. The summed E-state index contributed by atoms with van der Waals surface area (Å²) < 4.78 is 20.8. The first-order valence-corrected chi connectivity index (χ1v) is 3.59. The molecule has 1 rings (SSSR count). The number of sulfonamides is 1. The molecule has 6 heteroatoms. The molecule has 0 amide bonds. The monoisotopic (exact) mass is 146 g/mol. The number of nitrogens with one attached hydrogen (secondary N) is 1. The van der Waals surface area contributed by atoms with Gasteiger partial charge in [0.1, 0.15) is 11.1 Å². The number of aromatic amines is 1. The highest BCUT2D eigenvalue weighted by Gasteiger charge is 2.07. The summed E-state index contributed by atoms with van der Waals surface area (Å²) in [7, 11) is -3.61. The van der Waals surface area contributed by atoms with Gasteiger partial charge in [0.15, 0.2) is 0 Å². The van der Waals surface area contributed by atoms with E-state index in [0.29, 0.717) is 0 Å². The minimum Gasteiger partial charge on any atom is -0.284 e. The zero-order chi connectivity index (χ0) is 6.91. The Bertz CT molecular complexity index is 274. The third kappa shape index (κ3) is 1.27. The van der Waals surface area contributed by atoms with Crippen molar-refractivity contribution in [3.8, 4) is 0 Å². The molecule has 9 heavy (non-hydrogen) atoms. The molecule has 0 aromatic carbocycles. The van der Waals surface area contributed by atoms with Gasteiger partial charge in [-0.25, -0.2) is 13.6 Å². The van der Waals surface area contributed by atoms with Gasteiger partial charge >= 0.3 is 0 Å². The molecule has 5 nitrogen and oxygen atoms in total. The molecule has 1 radical (unpaired) electrons. The van der Waals surface area contributed by atoms with Crippen LogP contribution in [0.15, 0.2) is 11.1 Å². The zero-order valence-corrected chi connectivity index (χ0v) is 5.14. The lowest BCUT2D eigenvalue weighted by Crippen LogP contribution is -2.10. The highest BCUT2D eigenvalue weighted by atomic mass is 32.2. The molecule has 1 aromatic heterocycles. The second kappa shape index (κ2) is 1.82. The molecular weight excluding hydrogens is 142 g/mol. The van der Waals surface area contributed by atoms with Gasteiger partial charge in [-0.2, -0.15) is 5.10 Å². The zero-order valence-electron chi connectivity index (χ0n) is 4.33. The molecule has 0 fully saturated rings. The summed E-state index contributed by atoms with van der Waals surface area (Å²) >= 11 is 0. The number of hydrogen-bond donors (Lipinski definition) is 2. The van der Waals surface area contributed by atoms with E-state index in [-0.39, 0.29) is 4.90 Å². The quantitative estimate of drug-likeness (QED) is 0.524. The first-order chi connectivity index (χ1) is 4.11. The van der Waals surface area contributed by atoms with E-state index in [4.69, 9.17) is 0 Å². The van der Waals surface area contributed by atoms with Crippen molar-refractivity contribution < 1.29 is 8.42 Å². The third-order valence-electron chi connectivity index (χ3n) is 0.733. The Kier molecular flexibility index (Phi) is 1.26. The second-order valence-corrected chi connectivity index (χ2v) is 2.94. The van der Waals surface area contributed by atoms with Crippen molar-refractivity contribution in [3.05, 3.63) is 12.4 Å². The van der Waals surface area contributed by atoms with E-state index in [1.807, 2.05) is 0 Å². The minimum absolute atomic E-state index is 0.123. The van der Waals surface area contributed by atoms with Crippen LogP contribution in [0.4, 0.5) is 0 Å². The third-order valence-corrected chi connectivity index (χ3v) is 1.56. The van der Waals surface area contributed by atoms with Gasteiger partial charge in [-0.3, -0.25) is 5.10 Å². The molecule has 0 unspecified atom stereocenters. The van der Waals surface area contributed by atoms with Gasteiger partial charge < -0.3 is 0 Å². The predicted octanol–water partition coefficient (Wildman–Crippen LogP) is -1.14. The van der Waals surface area contributed by atoms with E-state index in [0.717, 1.165) is 6.20 Å². The lowest BCUT2D eigenvalue weighted by atomic mass is 10.7. The van der Waals surface area contributed by atoms with Gasteiger partial charge in [0.25, 0.3) is 0 Å². The normalized spacial score (nSPS) is 11.7. The number of primary sulfonamides is 1. The number of aromatic nitrogens is 2. The molecule has 1 aromatic rings. The van der Waals surface area contributed by atoms with E-state index in [1.54, 1.807) is 0 Å². The molecule has 0 saturated heterocycles. The number of hydrogen-bond acceptors (Lipinski definition) is 3. The Hall–Kier alpha value is -0.880. The maximum atomic E-state index is 10.4. The van der Waals surface area contributed by atoms with Gasteiger partial charge in [0.2, 0.25) is 10.0 Å². The Balaban J connectivity index is 3.20. The van der Waals surface area contributed by atoms with Crippen LogP contribution in [0.1, 0.15) is 0 Å². The Morgan fingerprint density at radius 3 is 2.67 bits per heavy atom. The lowest BCUT2D eigenvalue weighted by Gasteiger charge is -1.84. The van der Waals surface area contributed by atoms with Crippen molar-refractivity contribution in [1.29, 1.82) is 0 Å². The van der Waals surface area contributed by atoms with Gasteiger partial charge in [-0.15, -0.1) is 0 Å². The van der Waals surface area contributed by atoms with Crippen molar-refractivity contribution in [2.45, 2.75) is 4.90 Å². The van der Waals surface area contributed by atoms with Crippen LogP contribution in [0, 0.1) is 6.20 Å². The van der Waals surface area contributed by atoms with Crippen LogP contribution in [0.5, 0.6) is 0 Å². The van der Waals surface area contributed by atoms with E-state index in [1.165, 1.54) is 0 Å². The predicted molar refractivity (Wildman–Crippen MR) is 28.8 cm³/mol. The SMILES string of the molecule is NS(=O)(=O)c1[c]n[nH]c1.